The molecule has 1 aliphatic heterocycles. The number of amides is 1. The van der Waals surface area contributed by atoms with Gasteiger partial charge in [-0.05, 0) is 12.5 Å². The van der Waals surface area contributed by atoms with Crippen LogP contribution in [0.1, 0.15) is 18.9 Å². The quantitative estimate of drug-likeness (QED) is 0.849. The monoisotopic (exact) mass is 318 g/mol. The highest BCUT2D eigenvalue weighted by molar-refractivity contribution is 5.76. The van der Waals surface area contributed by atoms with Crippen LogP contribution in [0.2, 0.25) is 0 Å². The lowest BCUT2D eigenvalue weighted by Crippen LogP contribution is -2.47. The first-order valence-electron chi connectivity index (χ1n) is 6.98. The lowest BCUT2D eigenvalue weighted by molar-refractivity contribution is -0.141. The standard InChI is InChI=1S/C14H17F3N2O3/c1-2-11-8-18(5-6-22-11)13(21)9-19-7-10(14(15,16)17)3-4-12(19)20/h3-4,7,11H,2,5-6,8-9H2,1H3. The van der Waals surface area contributed by atoms with Gasteiger partial charge in [-0.3, -0.25) is 9.59 Å². The van der Waals surface area contributed by atoms with Gasteiger partial charge >= 0.3 is 6.18 Å². The summed E-state index contributed by atoms with van der Waals surface area (Å²) in [4.78, 5) is 25.3. The van der Waals surface area contributed by atoms with Gasteiger partial charge in [-0.1, -0.05) is 6.92 Å². The molecule has 1 saturated heterocycles. The molecule has 1 aromatic heterocycles. The maximum absolute atomic E-state index is 12.7. The Labute approximate surface area is 125 Å². The summed E-state index contributed by atoms with van der Waals surface area (Å²) in [5, 5.41) is 0. The number of carbonyl (C=O) groups excluding carboxylic acids is 1. The van der Waals surface area contributed by atoms with Crippen LogP contribution in [-0.4, -0.2) is 41.2 Å². The number of ether oxygens (including phenoxy) is 1. The third kappa shape index (κ3) is 3.88. The van der Waals surface area contributed by atoms with Gasteiger partial charge in [0.05, 0.1) is 18.3 Å². The van der Waals surface area contributed by atoms with Crippen molar-refractivity contribution in [3.05, 3.63) is 34.2 Å². The van der Waals surface area contributed by atoms with E-state index in [1.54, 1.807) is 0 Å². The van der Waals surface area contributed by atoms with Crippen LogP contribution in [0, 0.1) is 0 Å². The first-order chi connectivity index (χ1) is 10.3. The Balaban J connectivity index is 2.13. The summed E-state index contributed by atoms with van der Waals surface area (Å²) in [6.45, 7) is 2.68. The zero-order valence-corrected chi connectivity index (χ0v) is 12.1. The summed E-state index contributed by atoms with van der Waals surface area (Å²) in [6.07, 6.45) is -3.20. The number of aromatic nitrogens is 1. The number of nitrogens with zero attached hydrogens (tertiary/aromatic N) is 2. The Morgan fingerprint density at radius 2 is 2.14 bits per heavy atom. The predicted molar refractivity (Wildman–Crippen MR) is 72.3 cm³/mol. The Morgan fingerprint density at radius 3 is 2.77 bits per heavy atom. The van der Waals surface area contributed by atoms with E-state index in [1.807, 2.05) is 6.92 Å². The lowest BCUT2D eigenvalue weighted by atomic mass is 10.2. The number of alkyl halides is 3. The van der Waals surface area contributed by atoms with E-state index in [2.05, 4.69) is 0 Å². The Hall–Kier alpha value is -1.83. The number of hydrogen-bond donors (Lipinski definition) is 0. The van der Waals surface area contributed by atoms with Gasteiger partial charge < -0.3 is 14.2 Å². The summed E-state index contributed by atoms with van der Waals surface area (Å²) in [5.41, 5.74) is -1.59. The van der Waals surface area contributed by atoms with E-state index in [4.69, 9.17) is 4.74 Å². The molecule has 0 radical (unpaired) electrons. The summed E-state index contributed by atoms with van der Waals surface area (Å²) in [7, 11) is 0. The van der Waals surface area contributed by atoms with Gasteiger partial charge in [0.25, 0.3) is 5.56 Å². The topological polar surface area (TPSA) is 51.5 Å². The highest BCUT2D eigenvalue weighted by Crippen LogP contribution is 2.28. The molecule has 0 aromatic carbocycles. The van der Waals surface area contributed by atoms with Crippen LogP contribution < -0.4 is 5.56 Å². The summed E-state index contributed by atoms with van der Waals surface area (Å²) in [5.74, 6) is -0.386. The van der Waals surface area contributed by atoms with Gasteiger partial charge in [0, 0.05) is 25.4 Å². The molecule has 1 fully saturated rings. The molecule has 1 aromatic rings. The molecule has 2 rings (SSSR count). The molecule has 22 heavy (non-hydrogen) atoms. The van der Waals surface area contributed by atoms with Crippen molar-refractivity contribution in [1.29, 1.82) is 0 Å². The van der Waals surface area contributed by atoms with Gasteiger partial charge in [0.1, 0.15) is 6.54 Å². The third-order valence-electron chi connectivity index (χ3n) is 3.56. The SMILES string of the molecule is CCC1CN(C(=O)Cn2cc(C(F)(F)F)ccc2=O)CCO1. The average Bonchev–Trinajstić information content (AvgIpc) is 2.48. The number of morpholine rings is 1. The van der Waals surface area contributed by atoms with Gasteiger partial charge in [0.15, 0.2) is 0 Å². The predicted octanol–water partition coefficient (Wildman–Crippen LogP) is 1.50. The molecule has 0 spiro atoms. The van der Waals surface area contributed by atoms with Crippen LogP contribution in [0.3, 0.4) is 0 Å². The van der Waals surface area contributed by atoms with Crippen molar-refractivity contribution in [3.63, 3.8) is 0 Å². The molecule has 0 bridgehead atoms. The second kappa shape index (κ2) is 6.51. The van der Waals surface area contributed by atoms with Crippen LogP contribution >= 0.6 is 0 Å². The molecule has 1 unspecified atom stereocenters. The molecular formula is C14H17F3N2O3. The zero-order valence-electron chi connectivity index (χ0n) is 12.1. The fourth-order valence-corrected chi connectivity index (χ4v) is 2.26. The molecule has 2 heterocycles. The van der Waals surface area contributed by atoms with Crippen molar-refractivity contribution in [1.82, 2.24) is 9.47 Å². The van der Waals surface area contributed by atoms with Crippen molar-refractivity contribution in [3.8, 4) is 0 Å². The van der Waals surface area contributed by atoms with Gasteiger partial charge in [-0.2, -0.15) is 13.2 Å². The molecule has 5 nitrogen and oxygen atoms in total. The summed E-state index contributed by atoms with van der Waals surface area (Å²) < 4.78 is 44.2. The van der Waals surface area contributed by atoms with Gasteiger partial charge in [0.2, 0.25) is 5.91 Å². The van der Waals surface area contributed by atoms with Crippen molar-refractivity contribution < 1.29 is 22.7 Å². The van der Waals surface area contributed by atoms with Crippen molar-refractivity contribution >= 4 is 5.91 Å². The Morgan fingerprint density at radius 1 is 1.41 bits per heavy atom. The maximum Gasteiger partial charge on any atom is 0.417 e. The molecule has 8 heteroatoms. The van der Waals surface area contributed by atoms with Crippen LogP contribution in [0.15, 0.2) is 23.1 Å². The van der Waals surface area contributed by atoms with Gasteiger partial charge in [-0.25, -0.2) is 0 Å². The smallest absolute Gasteiger partial charge is 0.375 e. The fourth-order valence-electron chi connectivity index (χ4n) is 2.26. The number of hydrogen-bond acceptors (Lipinski definition) is 3. The fraction of sp³-hybridized carbons (Fsp3) is 0.571. The molecule has 0 N–H and O–H groups in total. The van der Waals surface area contributed by atoms with E-state index in [9.17, 15) is 22.8 Å². The van der Waals surface area contributed by atoms with Crippen LogP contribution in [-0.2, 0) is 22.3 Å². The average molecular weight is 318 g/mol. The van der Waals surface area contributed by atoms with Crippen LogP contribution in [0.5, 0.6) is 0 Å². The maximum atomic E-state index is 12.7. The summed E-state index contributed by atoms with van der Waals surface area (Å²) >= 11 is 0. The van der Waals surface area contributed by atoms with E-state index in [1.165, 1.54) is 4.90 Å². The van der Waals surface area contributed by atoms with Crippen LogP contribution in [0.25, 0.3) is 0 Å². The molecule has 1 atom stereocenters. The number of halogens is 3. The van der Waals surface area contributed by atoms with E-state index in [0.717, 1.165) is 17.1 Å². The minimum Gasteiger partial charge on any atom is -0.375 e. The highest BCUT2D eigenvalue weighted by atomic mass is 19.4. The number of pyridine rings is 1. The molecule has 0 aliphatic carbocycles. The van der Waals surface area contributed by atoms with Crippen molar-refractivity contribution in [2.75, 3.05) is 19.7 Å². The minimum atomic E-state index is -4.55. The van der Waals surface area contributed by atoms with Crippen molar-refractivity contribution in [2.45, 2.75) is 32.2 Å². The first kappa shape index (κ1) is 16.5. The number of rotatable bonds is 3. The van der Waals surface area contributed by atoms with Crippen LogP contribution in [0.4, 0.5) is 13.2 Å². The van der Waals surface area contributed by atoms with E-state index >= 15 is 0 Å². The molecule has 0 saturated carbocycles. The third-order valence-corrected chi connectivity index (χ3v) is 3.56. The highest BCUT2D eigenvalue weighted by Gasteiger charge is 2.31. The molecule has 1 aliphatic rings. The number of carbonyl (C=O) groups is 1. The summed E-state index contributed by atoms with van der Waals surface area (Å²) in [6, 6.07) is 1.54. The molecule has 1 amide bonds. The second-order valence-corrected chi connectivity index (χ2v) is 5.12. The zero-order chi connectivity index (χ0) is 16.3. The second-order valence-electron chi connectivity index (χ2n) is 5.12. The minimum absolute atomic E-state index is 0.0732. The largest absolute Gasteiger partial charge is 0.417 e. The lowest BCUT2D eigenvalue weighted by Gasteiger charge is -2.32. The molecular weight excluding hydrogens is 301 g/mol. The van der Waals surface area contributed by atoms with E-state index < -0.39 is 23.8 Å². The van der Waals surface area contributed by atoms with E-state index in [-0.39, 0.29) is 12.0 Å². The Kier molecular flexibility index (Phi) is 4.90. The van der Waals surface area contributed by atoms with Crippen molar-refractivity contribution in [2.24, 2.45) is 0 Å². The van der Waals surface area contributed by atoms with Gasteiger partial charge in [-0.15, -0.1) is 0 Å². The normalized spacial score (nSPS) is 19.3. The van der Waals surface area contributed by atoms with E-state index in [0.29, 0.717) is 32.0 Å². The first-order valence-corrected chi connectivity index (χ1v) is 6.98. The Bertz CT molecular complexity index is 598. The molecule has 122 valence electrons.